The third kappa shape index (κ3) is 5.23. The van der Waals surface area contributed by atoms with Crippen molar-refractivity contribution in [2.45, 2.75) is 32.1 Å². The molecule has 0 radical (unpaired) electrons. The lowest BCUT2D eigenvalue weighted by Crippen LogP contribution is -2.33. The van der Waals surface area contributed by atoms with E-state index >= 15 is 0 Å². The van der Waals surface area contributed by atoms with Crippen molar-refractivity contribution in [1.82, 2.24) is 10.3 Å². The molecule has 4 rings (SSSR count). The first-order chi connectivity index (χ1) is 15.1. The fourth-order valence-corrected chi connectivity index (χ4v) is 4.29. The fourth-order valence-electron chi connectivity index (χ4n) is 4.06. The minimum Gasteiger partial charge on any atom is -0.452 e. The molecule has 0 spiro atoms. The second-order valence-electron chi connectivity index (χ2n) is 7.94. The summed E-state index contributed by atoms with van der Waals surface area (Å²) < 4.78 is 5.35. The van der Waals surface area contributed by atoms with Crippen molar-refractivity contribution in [2.24, 2.45) is 5.92 Å². The SMILES string of the molecule is O=C(COC(=O)c1cc(-c2ccccc2Cl)nc2ccccc12)NCC1CCCCC1. The molecule has 1 N–H and O–H groups in total. The number of fused-ring (bicyclic) bond motifs is 1. The number of hydrogen-bond donors (Lipinski definition) is 1. The van der Waals surface area contributed by atoms with Crippen LogP contribution in [-0.2, 0) is 9.53 Å². The summed E-state index contributed by atoms with van der Waals surface area (Å²) in [7, 11) is 0. The molecule has 31 heavy (non-hydrogen) atoms. The van der Waals surface area contributed by atoms with E-state index in [1.165, 1.54) is 19.3 Å². The number of esters is 1. The zero-order valence-electron chi connectivity index (χ0n) is 17.3. The highest BCUT2D eigenvalue weighted by molar-refractivity contribution is 6.33. The molecule has 0 aliphatic heterocycles. The predicted molar refractivity (Wildman–Crippen MR) is 122 cm³/mol. The number of benzene rings is 2. The Balaban J connectivity index is 1.49. The van der Waals surface area contributed by atoms with Gasteiger partial charge in [-0.1, -0.05) is 67.3 Å². The lowest BCUT2D eigenvalue weighted by atomic mass is 9.89. The quantitative estimate of drug-likeness (QED) is 0.524. The molecule has 0 saturated heterocycles. The largest absolute Gasteiger partial charge is 0.452 e. The van der Waals surface area contributed by atoms with Gasteiger partial charge < -0.3 is 10.1 Å². The van der Waals surface area contributed by atoms with Crippen LogP contribution < -0.4 is 5.32 Å². The number of carbonyl (C=O) groups is 2. The van der Waals surface area contributed by atoms with E-state index < -0.39 is 5.97 Å². The Bertz CT molecular complexity index is 1090. The minimum absolute atomic E-state index is 0.274. The molecule has 0 atom stereocenters. The van der Waals surface area contributed by atoms with Crippen molar-refractivity contribution in [1.29, 1.82) is 0 Å². The molecule has 6 heteroatoms. The van der Waals surface area contributed by atoms with Crippen LogP contribution in [0.4, 0.5) is 0 Å². The van der Waals surface area contributed by atoms with Crippen LogP contribution in [0, 0.1) is 5.92 Å². The van der Waals surface area contributed by atoms with Gasteiger partial charge in [-0.05, 0) is 37.0 Å². The molecule has 1 aliphatic carbocycles. The van der Waals surface area contributed by atoms with Gasteiger partial charge in [-0.25, -0.2) is 9.78 Å². The Kier molecular flexibility index (Phi) is 6.82. The number of pyridine rings is 1. The van der Waals surface area contributed by atoms with E-state index in [4.69, 9.17) is 16.3 Å². The van der Waals surface area contributed by atoms with Crippen molar-refractivity contribution in [3.05, 3.63) is 65.2 Å². The number of aromatic nitrogens is 1. The Morgan fingerprint density at radius 1 is 1.03 bits per heavy atom. The normalized spacial score (nSPS) is 14.4. The molecule has 1 aromatic heterocycles. The number of rotatable bonds is 6. The summed E-state index contributed by atoms with van der Waals surface area (Å²) in [6, 6.07) is 16.4. The molecule has 1 heterocycles. The summed E-state index contributed by atoms with van der Waals surface area (Å²) in [6.07, 6.45) is 6.01. The van der Waals surface area contributed by atoms with E-state index in [2.05, 4.69) is 10.3 Å². The summed E-state index contributed by atoms with van der Waals surface area (Å²) in [5.74, 6) is -0.306. The molecule has 1 aliphatic rings. The number of nitrogens with zero attached hydrogens (tertiary/aromatic N) is 1. The average Bonchev–Trinajstić information content (AvgIpc) is 2.81. The van der Waals surface area contributed by atoms with Crippen molar-refractivity contribution >= 4 is 34.4 Å². The Labute approximate surface area is 186 Å². The van der Waals surface area contributed by atoms with E-state index in [0.717, 1.165) is 18.4 Å². The van der Waals surface area contributed by atoms with E-state index in [9.17, 15) is 9.59 Å². The van der Waals surface area contributed by atoms with E-state index in [0.29, 0.717) is 39.6 Å². The van der Waals surface area contributed by atoms with Gasteiger partial charge in [-0.3, -0.25) is 4.79 Å². The maximum atomic E-state index is 12.9. The van der Waals surface area contributed by atoms with Crippen LogP contribution in [0.1, 0.15) is 42.5 Å². The number of para-hydroxylation sites is 1. The summed E-state index contributed by atoms with van der Waals surface area (Å²) in [5, 5.41) is 4.12. The van der Waals surface area contributed by atoms with Crippen LogP contribution in [0.3, 0.4) is 0 Å². The fraction of sp³-hybridized carbons (Fsp3) is 0.320. The van der Waals surface area contributed by atoms with Gasteiger partial charge in [0.15, 0.2) is 6.61 Å². The Morgan fingerprint density at radius 2 is 1.77 bits per heavy atom. The molecule has 0 bridgehead atoms. The van der Waals surface area contributed by atoms with Crippen LogP contribution in [-0.4, -0.2) is 30.0 Å². The zero-order chi connectivity index (χ0) is 21.6. The highest BCUT2D eigenvalue weighted by Crippen LogP contribution is 2.30. The van der Waals surface area contributed by atoms with Gasteiger partial charge in [0.05, 0.1) is 16.8 Å². The van der Waals surface area contributed by atoms with Crippen LogP contribution in [0.5, 0.6) is 0 Å². The second-order valence-corrected chi connectivity index (χ2v) is 8.34. The summed E-state index contributed by atoms with van der Waals surface area (Å²) in [5.41, 5.74) is 2.33. The van der Waals surface area contributed by atoms with Crippen LogP contribution in [0.2, 0.25) is 5.02 Å². The summed E-state index contributed by atoms with van der Waals surface area (Å²) in [6.45, 7) is 0.342. The maximum absolute atomic E-state index is 12.9. The van der Waals surface area contributed by atoms with Gasteiger partial charge in [-0.2, -0.15) is 0 Å². The molecule has 160 valence electrons. The number of hydrogen-bond acceptors (Lipinski definition) is 4. The molecular formula is C25H25ClN2O3. The van der Waals surface area contributed by atoms with Crippen molar-refractivity contribution in [3.63, 3.8) is 0 Å². The highest BCUT2D eigenvalue weighted by atomic mass is 35.5. The van der Waals surface area contributed by atoms with Gasteiger partial charge in [-0.15, -0.1) is 0 Å². The lowest BCUT2D eigenvalue weighted by Gasteiger charge is -2.21. The monoisotopic (exact) mass is 436 g/mol. The third-order valence-electron chi connectivity index (χ3n) is 5.73. The summed E-state index contributed by atoms with van der Waals surface area (Å²) in [4.78, 5) is 29.7. The first-order valence-electron chi connectivity index (χ1n) is 10.7. The first kappa shape index (κ1) is 21.3. The first-order valence-corrected chi connectivity index (χ1v) is 11.1. The second kappa shape index (κ2) is 9.92. The maximum Gasteiger partial charge on any atom is 0.339 e. The van der Waals surface area contributed by atoms with Crippen molar-refractivity contribution < 1.29 is 14.3 Å². The van der Waals surface area contributed by atoms with Crippen LogP contribution in [0.15, 0.2) is 54.6 Å². The molecule has 5 nitrogen and oxygen atoms in total. The van der Waals surface area contributed by atoms with E-state index in [1.807, 2.05) is 42.5 Å². The molecule has 2 aromatic carbocycles. The van der Waals surface area contributed by atoms with Crippen molar-refractivity contribution in [3.8, 4) is 11.3 Å². The molecule has 3 aromatic rings. The Hall–Kier alpha value is -2.92. The topological polar surface area (TPSA) is 68.3 Å². The number of ether oxygens (including phenoxy) is 1. The number of amides is 1. The van der Waals surface area contributed by atoms with Crippen molar-refractivity contribution in [2.75, 3.05) is 13.2 Å². The molecule has 1 saturated carbocycles. The van der Waals surface area contributed by atoms with Gasteiger partial charge in [0, 0.05) is 22.5 Å². The zero-order valence-corrected chi connectivity index (χ0v) is 18.0. The molecule has 1 amide bonds. The molecular weight excluding hydrogens is 412 g/mol. The molecule has 1 fully saturated rings. The smallest absolute Gasteiger partial charge is 0.339 e. The van der Waals surface area contributed by atoms with E-state index in [1.54, 1.807) is 12.1 Å². The number of carbonyl (C=O) groups excluding carboxylic acids is 2. The Morgan fingerprint density at radius 3 is 2.58 bits per heavy atom. The molecule has 0 unspecified atom stereocenters. The number of nitrogens with one attached hydrogen (secondary N) is 1. The minimum atomic E-state index is -0.556. The number of halogens is 1. The van der Waals surface area contributed by atoms with Crippen LogP contribution >= 0.6 is 11.6 Å². The predicted octanol–water partition coefficient (Wildman–Crippen LogP) is 5.41. The lowest BCUT2D eigenvalue weighted by molar-refractivity contribution is -0.124. The van der Waals surface area contributed by atoms with E-state index in [-0.39, 0.29) is 12.5 Å². The van der Waals surface area contributed by atoms with Gasteiger partial charge in [0.2, 0.25) is 0 Å². The van der Waals surface area contributed by atoms with Gasteiger partial charge in [0.1, 0.15) is 0 Å². The average molecular weight is 437 g/mol. The highest BCUT2D eigenvalue weighted by Gasteiger charge is 2.18. The van der Waals surface area contributed by atoms with Crippen LogP contribution in [0.25, 0.3) is 22.2 Å². The standard InChI is InChI=1S/C25H25ClN2O3/c26-21-12-6-4-11-19(21)23-14-20(18-10-5-7-13-22(18)28-23)25(30)31-16-24(29)27-15-17-8-2-1-3-9-17/h4-7,10-14,17H,1-3,8-9,15-16H2,(H,27,29). The van der Waals surface area contributed by atoms with Gasteiger partial charge >= 0.3 is 5.97 Å². The van der Waals surface area contributed by atoms with Gasteiger partial charge in [0.25, 0.3) is 5.91 Å². The third-order valence-corrected chi connectivity index (χ3v) is 6.06. The summed E-state index contributed by atoms with van der Waals surface area (Å²) >= 11 is 6.33.